The molecule has 0 aromatic rings. The van der Waals surface area contributed by atoms with Crippen molar-refractivity contribution in [3.63, 3.8) is 0 Å². The normalized spacial score (nSPS) is 29.2. The van der Waals surface area contributed by atoms with Gasteiger partial charge in [-0.05, 0) is 6.92 Å². The summed E-state index contributed by atoms with van der Waals surface area (Å²) in [4.78, 5) is 28.3. The minimum absolute atomic E-state index is 0.440. The molecule has 2 aliphatic heterocycles. The first kappa shape index (κ1) is 10.9. The molecule has 16 heavy (non-hydrogen) atoms. The molecule has 0 aliphatic carbocycles. The number of hydrogen-bond acceptors (Lipinski definition) is 6. The summed E-state index contributed by atoms with van der Waals surface area (Å²) >= 11 is 0. The quantitative estimate of drug-likeness (QED) is 0.484. The van der Waals surface area contributed by atoms with E-state index in [4.69, 9.17) is 14.3 Å². The van der Waals surface area contributed by atoms with Crippen LogP contribution >= 0.6 is 0 Å². The Morgan fingerprint density at radius 1 is 1.25 bits per heavy atom. The highest BCUT2D eigenvalue weighted by atomic mass is 16.7. The molecular formula is C10H13NO5. The summed E-state index contributed by atoms with van der Waals surface area (Å²) < 4.78 is 9.98. The highest BCUT2D eigenvalue weighted by Crippen LogP contribution is 2.29. The minimum Gasteiger partial charge on any atom is -0.422 e. The minimum atomic E-state index is -1.20. The van der Waals surface area contributed by atoms with Crippen LogP contribution in [0.3, 0.4) is 0 Å². The van der Waals surface area contributed by atoms with Crippen LogP contribution in [0.2, 0.25) is 0 Å². The van der Waals surface area contributed by atoms with Crippen molar-refractivity contribution in [1.29, 1.82) is 0 Å². The molecular weight excluding hydrogens is 214 g/mol. The van der Waals surface area contributed by atoms with Crippen molar-refractivity contribution in [3.05, 3.63) is 0 Å². The highest BCUT2D eigenvalue weighted by molar-refractivity contribution is 5.98. The number of oxime groups is 1. The second-order valence-corrected chi connectivity index (χ2v) is 4.39. The molecule has 1 saturated heterocycles. The number of ether oxygens (including phenoxy) is 2. The van der Waals surface area contributed by atoms with Crippen LogP contribution in [0.4, 0.5) is 0 Å². The summed E-state index contributed by atoms with van der Waals surface area (Å²) in [6.07, 6.45) is -0.161. The SMILES string of the molecule is CC1=NOC(C2C(=O)OC(C)(C)OC2=O)C1. The van der Waals surface area contributed by atoms with E-state index in [9.17, 15) is 9.59 Å². The van der Waals surface area contributed by atoms with Gasteiger partial charge in [0.2, 0.25) is 0 Å². The number of cyclic esters (lactones) is 2. The molecule has 1 fully saturated rings. The van der Waals surface area contributed by atoms with Gasteiger partial charge in [-0.3, -0.25) is 9.59 Å². The Labute approximate surface area is 92.5 Å². The largest absolute Gasteiger partial charge is 0.422 e. The average Bonchev–Trinajstić information content (AvgIpc) is 2.47. The number of rotatable bonds is 1. The molecule has 1 unspecified atom stereocenters. The molecule has 0 aromatic carbocycles. The van der Waals surface area contributed by atoms with Crippen molar-refractivity contribution in [2.24, 2.45) is 11.1 Å². The number of carbonyl (C=O) groups is 2. The monoisotopic (exact) mass is 227 g/mol. The third kappa shape index (κ3) is 1.87. The van der Waals surface area contributed by atoms with Gasteiger partial charge in [-0.2, -0.15) is 0 Å². The molecule has 2 heterocycles. The third-order valence-corrected chi connectivity index (χ3v) is 2.41. The van der Waals surface area contributed by atoms with Crippen LogP contribution in [0.25, 0.3) is 0 Å². The molecule has 0 amide bonds. The molecule has 0 spiro atoms. The van der Waals surface area contributed by atoms with Crippen molar-refractivity contribution in [1.82, 2.24) is 0 Å². The van der Waals surface area contributed by atoms with E-state index in [-0.39, 0.29) is 0 Å². The van der Waals surface area contributed by atoms with Gasteiger partial charge in [0.25, 0.3) is 5.79 Å². The van der Waals surface area contributed by atoms with Crippen LogP contribution in [0.15, 0.2) is 5.16 Å². The second-order valence-electron chi connectivity index (χ2n) is 4.39. The first-order chi connectivity index (χ1) is 7.39. The Bertz CT molecular complexity index is 353. The number of carbonyl (C=O) groups excluding carboxylic acids is 2. The molecule has 1 atom stereocenters. The topological polar surface area (TPSA) is 74.2 Å². The van der Waals surface area contributed by atoms with Crippen molar-refractivity contribution >= 4 is 17.7 Å². The fourth-order valence-corrected chi connectivity index (χ4v) is 1.73. The fourth-order valence-electron chi connectivity index (χ4n) is 1.73. The number of nitrogens with zero attached hydrogens (tertiary/aromatic N) is 1. The molecule has 2 rings (SSSR count). The number of esters is 2. The smallest absolute Gasteiger partial charge is 0.327 e. The van der Waals surface area contributed by atoms with Crippen LogP contribution in [-0.2, 0) is 23.9 Å². The maximum atomic E-state index is 11.7. The lowest BCUT2D eigenvalue weighted by Crippen LogP contribution is -2.50. The lowest BCUT2D eigenvalue weighted by Gasteiger charge is -2.33. The van der Waals surface area contributed by atoms with E-state index in [1.54, 1.807) is 6.92 Å². The summed E-state index contributed by atoms with van der Waals surface area (Å²) in [5.74, 6) is -3.46. The van der Waals surface area contributed by atoms with E-state index in [0.29, 0.717) is 6.42 Å². The lowest BCUT2D eigenvalue weighted by molar-refractivity contribution is -0.245. The van der Waals surface area contributed by atoms with Gasteiger partial charge in [-0.15, -0.1) is 0 Å². The molecule has 0 saturated carbocycles. The van der Waals surface area contributed by atoms with Crippen LogP contribution in [-0.4, -0.2) is 29.5 Å². The van der Waals surface area contributed by atoms with E-state index >= 15 is 0 Å². The molecule has 0 aromatic heterocycles. The van der Waals surface area contributed by atoms with E-state index in [1.165, 1.54) is 13.8 Å². The van der Waals surface area contributed by atoms with Gasteiger partial charge < -0.3 is 14.3 Å². The zero-order valence-electron chi connectivity index (χ0n) is 9.35. The summed E-state index contributed by atoms with van der Waals surface area (Å²) in [7, 11) is 0. The fraction of sp³-hybridized carbons (Fsp3) is 0.700. The van der Waals surface area contributed by atoms with Crippen LogP contribution in [0.5, 0.6) is 0 Å². The Balaban J connectivity index is 2.12. The Hall–Kier alpha value is -1.59. The molecule has 6 heteroatoms. The van der Waals surface area contributed by atoms with Gasteiger partial charge in [0.15, 0.2) is 12.0 Å². The van der Waals surface area contributed by atoms with Gasteiger partial charge in [0.1, 0.15) is 0 Å². The molecule has 6 nitrogen and oxygen atoms in total. The summed E-state index contributed by atoms with van der Waals surface area (Å²) in [5, 5.41) is 3.70. The zero-order valence-corrected chi connectivity index (χ0v) is 9.35. The van der Waals surface area contributed by atoms with Crippen LogP contribution < -0.4 is 0 Å². The molecule has 2 aliphatic rings. The summed E-state index contributed by atoms with van der Waals surface area (Å²) in [5.41, 5.74) is 0.746. The van der Waals surface area contributed by atoms with E-state index in [0.717, 1.165) is 5.71 Å². The first-order valence-electron chi connectivity index (χ1n) is 5.04. The standard InChI is InChI=1S/C10H13NO5/c1-5-4-6(16-11-5)7-8(12)14-10(2,3)15-9(7)13/h6-7H,4H2,1-3H3. The summed E-state index contributed by atoms with van der Waals surface area (Å²) in [6.45, 7) is 4.79. The van der Waals surface area contributed by atoms with Crippen molar-refractivity contribution in [2.45, 2.75) is 39.1 Å². The van der Waals surface area contributed by atoms with Crippen molar-refractivity contribution in [3.8, 4) is 0 Å². The van der Waals surface area contributed by atoms with Crippen LogP contribution in [0, 0.1) is 5.92 Å². The summed E-state index contributed by atoms with van der Waals surface area (Å²) in [6, 6.07) is 0. The van der Waals surface area contributed by atoms with Gasteiger partial charge >= 0.3 is 11.9 Å². The molecule has 0 bridgehead atoms. The van der Waals surface area contributed by atoms with Gasteiger partial charge in [-0.25, -0.2) is 0 Å². The number of hydrogen-bond donors (Lipinski definition) is 0. The maximum Gasteiger partial charge on any atom is 0.327 e. The average molecular weight is 227 g/mol. The van der Waals surface area contributed by atoms with E-state index in [2.05, 4.69) is 5.16 Å². The van der Waals surface area contributed by atoms with Crippen molar-refractivity contribution < 1.29 is 23.9 Å². The maximum absolute atomic E-state index is 11.7. The second kappa shape index (κ2) is 3.47. The first-order valence-corrected chi connectivity index (χ1v) is 5.04. The lowest BCUT2D eigenvalue weighted by atomic mass is 9.97. The molecule has 88 valence electrons. The molecule has 0 N–H and O–H groups in total. The molecule has 0 radical (unpaired) electrons. The van der Waals surface area contributed by atoms with E-state index in [1.807, 2.05) is 0 Å². The Morgan fingerprint density at radius 3 is 2.25 bits per heavy atom. The Kier molecular flexibility index (Phi) is 2.36. The Morgan fingerprint density at radius 2 is 1.81 bits per heavy atom. The third-order valence-electron chi connectivity index (χ3n) is 2.41. The zero-order chi connectivity index (χ0) is 11.9. The van der Waals surface area contributed by atoms with Gasteiger partial charge in [-0.1, -0.05) is 5.16 Å². The van der Waals surface area contributed by atoms with Crippen molar-refractivity contribution in [2.75, 3.05) is 0 Å². The van der Waals surface area contributed by atoms with E-state index < -0.39 is 29.7 Å². The highest BCUT2D eigenvalue weighted by Gasteiger charge is 2.49. The van der Waals surface area contributed by atoms with Gasteiger partial charge in [0, 0.05) is 20.3 Å². The predicted octanol–water partition coefficient (Wildman–Crippen LogP) is 0.603. The predicted molar refractivity (Wildman–Crippen MR) is 52.4 cm³/mol. The van der Waals surface area contributed by atoms with Gasteiger partial charge in [0.05, 0.1) is 5.71 Å². The van der Waals surface area contributed by atoms with Crippen LogP contribution in [0.1, 0.15) is 27.2 Å².